The highest BCUT2D eigenvalue weighted by molar-refractivity contribution is 9.09. The van der Waals surface area contributed by atoms with Crippen LogP contribution in [-0.4, -0.2) is 35.5 Å². The van der Waals surface area contributed by atoms with Crippen LogP contribution in [0.5, 0.6) is 0 Å². The van der Waals surface area contributed by atoms with E-state index in [-0.39, 0.29) is 0 Å². The Labute approximate surface area is 124 Å². The molecule has 0 spiro atoms. The molecule has 1 aromatic carbocycles. The number of morpholine rings is 1. The molecule has 1 aliphatic carbocycles. The molecule has 2 nitrogen and oxygen atoms in total. The van der Waals surface area contributed by atoms with Gasteiger partial charge in [0.2, 0.25) is 0 Å². The molecule has 3 heteroatoms. The Balaban J connectivity index is 1.67. The maximum atomic E-state index is 5.89. The summed E-state index contributed by atoms with van der Waals surface area (Å²) in [5.74, 6) is 0. The van der Waals surface area contributed by atoms with E-state index >= 15 is 0 Å². The van der Waals surface area contributed by atoms with Crippen LogP contribution < -0.4 is 0 Å². The predicted molar refractivity (Wildman–Crippen MR) is 81.9 cm³/mol. The second-order valence-electron chi connectivity index (χ2n) is 5.87. The minimum Gasteiger partial charge on any atom is -0.372 e. The number of alkyl halides is 1. The number of aryl methyl sites for hydroxylation is 2. The summed E-state index contributed by atoms with van der Waals surface area (Å²) in [4.78, 5) is 2.52. The number of fused-ring (bicyclic) bond motifs is 1. The normalized spacial score (nSPS) is 27.5. The SMILES string of the molecule is CC1CN(Cc2ccc3c(c2)CCC3)CC(CBr)O1. The lowest BCUT2D eigenvalue weighted by molar-refractivity contribution is -0.0678. The van der Waals surface area contributed by atoms with Crippen LogP contribution in [-0.2, 0) is 24.1 Å². The van der Waals surface area contributed by atoms with Crippen molar-refractivity contribution >= 4 is 15.9 Å². The number of rotatable bonds is 3. The summed E-state index contributed by atoms with van der Waals surface area (Å²) >= 11 is 3.54. The van der Waals surface area contributed by atoms with Crippen molar-refractivity contribution in [3.05, 3.63) is 34.9 Å². The van der Waals surface area contributed by atoms with Crippen LogP contribution in [0.2, 0.25) is 0 Å². The van der Waals surface area contributed by atoms with E-state index in [9.17, 15) is 0 Å². The fraction of sp³-hybridized carbons (Fsp3) is 0.625. The van der Waals surface area contributed by atoms with E-state index in [2.05, 4.69) is 46.0 Å². The highest BCUT2D eigenvalue weighted by Gasteiger charge is 2.24. The quantitative estimate of drug-likeness (QED) is 0.792. The van der Waals surface area contributed by atoms with Crippen LogP contribution >= 0.6 is 15.9 Å². The summed E-state index contributed by atoms with van der Waals surface area (Å²) in [5, 5.41) is 0.929. The monoisotopic (exact) mass is 323 g/mol. The fourth-order valence-electron chi connectivity index (χ4n) is 3.34. The molecule has 0 bridgehead atoms. The average molecular weight is 324 g/mol. The first-order valence-electron chi connectivity index (χ1n) is 7.29. The van der Waals surface area contributed by atoms with Gasteiger partial charge in [-0.1, -0.05) is 34.1 Å². The molecule has 0 amide bonds. The summed E-state index contributed by atoms with van der Waals surface area (Å²) in [5.41, 5.74) is 4.61. The summed E-state index contributed by atoms with van der Waals surface area (Å²) in [7, 11) is 0. The summed E-state index contributed by atoms with van der Waals surface area (Å²) < 4.78 is 5.89. The molecule has 19 heavy (non-hydrogen) atoms. The van der Waals surface area contributed by atoms with Gasteiger partial charge in [0.15, 0.2) is 0 Å². The third kappa shape index (κ3) is 3.21. The highest BCUT2D eigenvalue weighted by atomic mass is 79.9. The Kier molecular flexibility index (Phi) is 4.25. The standard InChI is InChI=1S/C16H22BrNO/c1-12-9-18(11-16(8-17)19-12)10-13-5-6-14-3-2-4-15(14)7-13/h5-7,12,16H,2-4,8-11H2,1H3. The van der Waals surface area contributed by atoms with Gasteiger partial charge in [0.1, 0.15) is 0 Å². The van der Waals surface area contributed by atoms with Crippen molar-refractivity contribution in [1.29, 1.82) is 0 Å². The second-order valence-corrected chi connectivity index (χ2v) is 6.52. The molecular weight excluding hydrogens is 302 g/mol. The van der Waals surface area contributed by atoms with Gasteiger partial charge in [-0.15, -0.1) is 0 Å². The number of ether oxygens (including phenoxy) is 1. The van der Waals surface area contributed by atoms with E-state index < -0.39 is 0 Å². The van der Waals surface area contributed by atoms with E-state index in [1.807, 2.05) is 0 Å². The van der Waals surface area contributed by atoms with E-state index in [1.54, 1.807) is 11.1 Å². The lowest BCUT2D eigenvalue weighted by Gasteiger charge is -2.36. The van der Waals surface area contributed by atoms with Crippen LogP contribution in [0.1, 0.15) is 30.0 Å². The van der Waals surface area contributed by atoms with Gasteiger partial charge in [0.25, 0.3) is 0 Å². The number of nitrogens with zero attached hydrogens (tertiary/aromatic N) is 1. The number of hydrogen-bond acceptors (Lipinski definition) is 2. The van der Waals surface area contributed by atoms with Gasteiger partial charge in [0, 0.05) is 25.0 Å². The molecule has 1 aliphatic heterocycles. The Morgan fingerprint density at radius 1 is 1.26 bits per heavy atom. The Morgan fingerprint density at radius 2 is 2.11 bits per heavy atom. The van der Waals surface area contributed by atoms with Gasteiger partial charge in [-0.25, -0.2) is 0 Å². The molecule has 2 aliphatic rings. The first-order valence-corrected chi connectivity index (χ1v) is 8.41. The molecule has 1 saturated heterocycles. The highest BCUT2D eigenvalue weighted by Crippen LogP contribution is 2.24. The van der Waals surface area contributed by atoms with Crippen LogP contribution in [0, 0.1) is 0 Å². The smallest absolute Gasteiger partial charge is 0.0802 e. The number of hydrogen-bond donors (Lipinski definition) is 0. The maximum Gasteiger partial charge on any atom is 0.0802 e. The van der Waals surface area contributed by atoms with Crippen molar-refractivity contribution in [1.82, 2.24) is 4.90 Å². The zero-order valence-electron chi connectivity index (χ0n) is 11.6. The fourth-order valence-corrected chi connectivity index (χ4v) is 3.69. The van der Waals surface area contributed by atoms with Gasteiger partial charge in [-0.2, -0.15) is 0 Å². The minimum absolute atomic E-state index is 0.332. The van der Waals surface area contributed by atoms with Crippen LogP contribution in [0.25, 0.3) is 0 Å². The van der Waals surface area contributed by atoms with E-state index in [0.29, 0.717) is 12.2 Å². The maximum absolute atomic E-state index is 5.89. The van der Waals surface area contributed by atoms with Crippen molar-refractivity contribution in [2.24, 2.45) is 0 Å². The lowest BCUT2D eigenvalue weighted by Crippen LogP contribution is -2.46. The Hall–Kier alpha value is -0.380. The Bertz CT molecular complexity index is 448. The summed E-state index contributed by atoms with van der Waals surface area (Å²) in [6, 6.07) is 7.07. The molecule has 0 saturated carbocycles. The zero-order chi connectivity index (χ0) is 13.2. The van der Waals surface area contributed by atoms with E-state index in [4.69, 9.17) is 4.74 Å². The molecule has 3 rings (SSSR count). The number of halogens is 1. The third-order valence-electron chi connectivity index (χ3n) is 4.14. The molecule has 0 aromatic heterocycles. The molecule has 2 unspecified atom stereocenters. The second kappa shape index (κ2) is 5.94. The molecule has 0 N–H and O–H groups in total. The lowest BCUT2D eigenvalue weighted by atomic mass is 10.1. The molecule has 104 valence electrons. The minimum atomic E-state index is 0.332. The Morgan fingerprint density at radius 3 is 2.95 bits per heavy atom. The first-order chi connectivity index (χ1) is 9.24. The van der Waals surface area contributed by atoms with Crippen molar-refractivity contribution in [2.75, 3.05) is 18.4 Å². The summed E-state index contributed by atoms with van der Waals surface area (Å²) in [6.07, 6.45) is 4.55. The van der Waals surface area contributed by atoms with Crippen LogP contribution in [0.3, 0.4) is 0 Å². The third-order valence-corrected chi connectivity index (χ3v) is 4.87. The van der Waals surface area contributed by atoms with Gasteiger partial charge < -0.3 is 4.74 Å². The first kappa shape index (κ1) is 13.6. The van der Waals surface area contributed by atoms with Crippen molar-refractivity contribution in [3.8, 4) is 0 Å². The topological polar surface area (TPSA) is 12.5 Å². The van der Waals surface area contributed by atoms with Crippen LogP contribution in [0.15, 0.2) is 18.2 Å². The van der Waals surface area contributed by atoms with Crippen LogP contribution in [0.4, 0.5) is 0 Å². The van der Waals surface area contributed by atoms with Gasteiger partial charge in [-0.3, -0.25) is 4.90 Å². The molecular formula is C16H22BrNO. The van der Waals surface area contributed by atoms with E-state index in [1.165, 1.54) is 24.8 Å². The predicted octanol–water partition coefficient (Wildman–Crippen LogP) is 3.16. The number of benzene rings is 1. The van der Waals surface area contributed by atoms with Crippen molar-refractivity contribution in [2.45, 2.75) is 44.9 Å². The largest absolute Gasteiger partial charge is 0.372 e. The average Bonchev–Trinajstić information content (AvgIpc) is 2.85. The van der Waals surface area contributed by atoms with Crippen molar-refractivity contribution < 1.29 is 4.74 Å². The molecule has 1 heterocycles. The molecule has 2 atom stereocenters. The van der Waals surface area contributed by atoms with Crippen molar-refractivity contribution in [3.63, 3.8) is 0 Å². The van der Waals surface area contributed by atoms with Gasteiger partial charge in [0.05, 0.1) is 12.2 Å². The molecule has 1 aromatic rings. The van der Waals surface area contributed by atoms with Gasteiger partial charge >= 0.3 is 0 Å². The molecule has 1 fully saturated rings. The van der Waals surface area contributed by atoms with Gasteiger partial charge in [-0.05, 0) is 42.9 Å². The molecule has 0 radical (unpaired) electrons. The summed E-state index contributed by atoms with van der Waals surface area (Å²) in [6.45, 7) is 5.31. The van der Waals surface area contributed by atoms with E-state index in [0.717, 1.165) is 25.0 Å². The zero-order valence-corrected chi connectivity index (χ0v) is 13.2.